The molecule has 0 unspecified atom stereocenters. The zero-order chi connectivity index (χ0) is 14.9. The second-order valence-electron chi connectivity index (χ2n) is 3.71. The number of hydrogen-bond acceptors (Lipinski definition) is 3. The second kappa shape index (κ2) is 5.34. The third-order valence-corrected chi connectivity index (χ3v) is 3.62. The van der Waals surface area contributed by atoms with Crippen molar-refractivity contribution in [1.29, 1.82) is 0 Å². The van der Waals surface area contributed by atoms with Crippen molar-refractivity contribution in [2.24, 2.45) is 0 Å². The highest BCUT2D eigenvalue weighted by Crippen LogP contribution is 2.30. The van der Waals surface area contributed by atoms with Crippen molar-refractivity contribution >= 4 is 19.7 Å². The summed E-state index contributed by atoms with van der Waals surface area (Å²) in [5.41, 5.74) is 0. The van der Waals surface area contributed by atoms with Gasteiger partial charge >= 0.3 is 0 Å². The summed E-state index contributed by atoms with van der Waals surface area (Å²) in [6, 6.07) is 5.49. The van der Waals surface area contributed by atoms with Crippen molar-refractivity contribution in [1.82, 2.24) is 0 Å². The largest absolute Gasteiger partial charge is 0.451 e. The highest BCUT2D eigenvalue weighted by Gasteiger charge is 2.19. The van der Waals surface area contributed by atoms with E-state index in [0.29, 0.717) is 12.1 Å². The van der Waals surface area contributed by atoms with Gasteiger partial charge in [-0.05, 0) is 36.4 Å². The smallest absolute Gasteiger partial charge is 0.261 e. The number of halogens is 4. The molecule has 20 heavy (non-hydrogen) atoms. The molecule has 3 nitrogen and oxygen atoms in total. The minimum absolute atomic E-state index is 0.00863. The molecule has 2 rings (SSSR count). The lowest BCUT2D eigenvalue weighted by Gasteiger charge is -2.08. The fourth-order valence-corrected chi connectivity index (χ4v) is 2.15. The molecular formula is C12H6ClF3O3S. The molecule has 0 spiro atoms. The maximum Gasteiger partial charge on any atom is 0.261 e. The summed E-state index contributed by atoms with van der Waals surface area (Å²) in [5, 5.41) is 0. The number of benzene rings is 2. The Balaban J connectivity index is 2.41. The summed E-state index contributed by atoms with van der Waals surface area (Å²) >= 11 is 0. The lowest BCUT2D eigenvalue weighted by molar-refractivity contribution is 0.404. The number of rotatable bonds is 3. The van der Waals surface area contributed by atoms with Gasteiger partial charge in [0.15, 0.2) is 17.4 Å². The molecule has 2 aromatic rings. The molecule has 0 aliphatic carbocycles. The zero-order valence-corrected chi connectivity index (χ0v) is 11.2. The predicted molar refractivity (Wildman–Crippen MR) is 65.9 cm³/mol. The summed E-state index contributed by atoms with van der Waals surface area (Å²) in [6.07, 6.45) is 0. The van der Waals surface area contributed by atoms with Gasteiger partial charge in [0.05, 0.1) is 4.90 Å². The van der Waals surface area contributed by atoms with Crippen LogP contribution in [0.15, 0.2) is 41.3 Å². The Kier molecular flexibility index (Phi) is 3.92. The van der Waals surface area contributed by atoms with E-state index in [0.717, 1.165) is 12.1 Å². The number of ether oxygens (including phenoxy) is 1. The Morgan fingerprint density at radius 1 is 0.950 bits per heavy atom. The molecule has 0 heterocycles. The molecule has 0 aromatic heterocycles. The van der Waals surface area contributed by atoms with Crippen LogP contribution in [0.4, 0.5) is 13.2 Å². The minimum Gasteiger partial charge on any atom is -0.451 e. The van der Waals surface area contributed by atoms with Crippen LogP contribution in [0.2, 0.25) is 0 Å². The van der Waals surface area contributed by atoms with Crippen LogP contribution in [0.1, 0.15) is 0 Å². The number of hydrogen-bond donors (Lipinski definition) is 0. The third kappa shape index (κ3) is 3.23. The summed E-state index contributed by atoms with van der Waals surface area (Å²) < 4.78 is 66.9. The first-order valence-electron chi connectivity index (χ1n) is 5.14. The first-order valence-corrected chi connectivity index (χ1v) is 7.45. The van der Waals surface area contributed by atoms with Gasteiger partial charge in [0.2, 0.25) is 0 Å². The van der Waals surface area contributed by atoms with Gasteiger partial charge in [-0.15, -0.1) is 0 Å². The van der Waals surface area contributed by atoms with E-state index in [-0.39, 0.29) is 5.75 Å². The summed E-state index contributed by atoms with van der Waals surface area (Å²) in [6.45, 7) is 0. The average Bonchev–Trinajstić information content (AvgIpc) is 2.34. The maximum atomic E-state index is 13.6. The van der Waals surface area contributed by atoms with E-state index in [9.17, 15) is 21.6 Å². The first kappa shape index (κ1) is 14.7. The van der Waals surface area contributed by atoms with Crippen molar-refractivity contribution < 1.29 is 26.3 Å². The summed E-state index contributed by atoms with van der Waals surface area (Å²) in [7, 11) is 0.733. The second-order valence-corrected chi connectivity index (χ2v) is 6.28. The molecule has 0 N–H and O–H groups in total. The van der Waals surface area contributed by atoms with Crippen molar-refractivity contribution in [2.45, 2.75) is 4.90 Å². The molecule has 0 atom stereocenters. The van der Waals surface area contributed by atoms with E-state index in [1.807, 2.05) is 0 Å². The van der Waals surface area contributed by atoms with Gasteiger partial charge in [-0.3, -0.25) is 0 Å². The van der Waals surface area contributed by atoms with E-state index in [1.165, 1.54) is 12.1 Å². The SMILES string of the molecule is O=S(=O)(Cl)c1cc(F)c(Oc2ccc(F)cc2)c(F)c1. The van der Waals surface area contributed by atoms with Gasteiger partial charge in [-0.1, -0.05) is 0 Å². The molecule has 2 aromatic carbocycles. The standard InChI is InChI=1S/C12H6ClF3O3S/c13-20(17,18)9-5-10(15)12(11(16)6-9)19-8-3-1-7(14)2-4-8/h1-6H. The van der Waals surface area contributed by atoms with Gasteiger partial charge < -0.3 is 4.74 Å². The van der Waals surface area contributed by atoms with Crippen LogP contribution in [-0.2, 0) is 9.05 Å². The topological polar surface area (TPSA) is 43.4 Å². The lowest BCUT2D eigenvalue weighted by Crippen LogP contribution is -1.98. The zero-order valence-electron chi connectivity index (χ0n) is 9.61. The average molecular weight is 323 g/mol. The van der Waals surface area contributed by atoms with Crippen LogP contribution in [0.5, 0.6) is 11.5 Å². The van der Waals surface area contributed by atoms with Crippen molar-refractivity contribution in [3.63, 3.8) is 0 Å². The Labute approximate surface area is 117 Å². The molecule has 0 radical (unpaired) electrons. The van der Waals surface area contributed by atoms with Crippen molar-refractivity contribution in [2.75, 3.05) is 0 Å². The molecule has 0 amide bonds. The van der Waals surface area contributed by atoms with E-state index in [1.54, 1.807) is 0 Å². The van der Waals surface area contributed by atoms with Crippen LogP contribution >= 0.6 is 10.7 Å². The van der Waals surface area contributed by atoms with Gasteiger partial charge in [-0.25, -0.2) is 21.6 Å². The Hall–Kier alpha value is -1.73. The van der Waals surface area contributed by atoms with E-state index in [4.69, 9.17) is 15.4 Å². The molecule has 0 aliphatic heterocycles. The van der Waals surface area contributed by atoms with Crippen LogP contribution in [0, 0.1) is 17.5 Å². The third-order valence-electron chi connectivity index (χ3n) is 2.29. The summed E-state index contributed by atoms with van der Waals surface area (Å²) in [5.74, 6) is -3.84. The molecule has 8 heteroatoms. The predicted octanol–water partition coefficient (Wildman–Crippen LogP) is 3.82. The highest BCUT2D eigenvalue weighted by molar-refractivity contribution is 8.13. The van der Waals surface area contributed by atoms with Crippen molar-refractivity contribution in [3.8, 4) is 11.5 Å². The minimum atomic E-state index is -4.26. The Bertz CT molecular complexity index is 722. The molecule has 0 aliphatic rings. The Morgan fingerprint density at radius 2 is 1.45 bits per heavy atom. The fraction of sp³-hybridized carbons (Fsp3) is 0. The highest BCUT2D eigenvalue weighted by atomic mass is 35.7. The Morgan fingerprint density at radius 3 is 1.90 bits per heavy atom. The maximum absolute atomic E-state index is 13.6. The van der Waals surface area contributed by atoms with Gasteiger partial charge in [0.1, 0.15) is 11.6 Å². The van der Waals surface area contributed by atoms with Crippen LogP contribution in [0.3, 0.4) is 0 Å². The summed E-state index contributed by atoms with van der Waals surface area (Å²) in [4.78, 5) is -0.722. The van der Waals surface area contributed by atoms with Crippen LogP contribution < -0.4 is 4.74 Å². The normalized spacial score (nSPS) is 11.4. The molecule has 0 bridgehead atoms. The molecule has 0 saturated carbocycles. The van der Waals surface area contributed by atoms with Gasteiger partial charge in [0.25, 0.3) is 9.05 Å². The first-order chi connectivity index (χ1) is 9.27. The van der Waals surface area contributed by atoms with E-state index < -0.39 is 37.1 Å². The quantitative estimate of drug-likeness (QED) is 0.807. The van der Waals surface area contributed by atoms with Crippen LogP contribution in [-0.4, -0.2) is 8.42 Å². The van der Waals surface area contributed by atoms with Crippen molar-refractivity contribution in [3.05, 3.63) is 53.8 Å². The fourth-order valence-electron chi connectivity index (χ4n) is 1.40. The molecule has 0 fully saturated rings. The van der Waals surface area contributed by atoms with Crippen LogP contribution in [0.25, 0.3) is 0 Å². The molecule has 0 saturated heterocycles. The molecular weight excluding hydrogens is 317 g/mol. The molecule has 106 valence electrons. The van der Waals surface area contributed by atoms with E-state index in [2.05, 4.69) is 0 Å². The van der Waals surface area contributed by atoms with E-state index >= 15 is 0 Å². The lowest BCUT2D eigenvalue weighted by atomic mass is 10.3. The van der Waals surface area contributed by atoms with Gasteiger partial charge in [0, 0.05) is 10.7 Å². The monoisotopic (exact) mass is 322 g/mol. The van der Waals surface area contributed by atoms with Gasteiger partial charge in [-0.2, -0.15) is 0 Å².